The number of halogens is 2. The maximum Gasteiger partial charge on any atom is 0.145 e. The van der Waals surface area contributed by atoms with Gasteiger partial charge in [-0.3, -0.25) is 0 Å². The molecule has 1 aromatic carbocycles. The zero-order valence-corrected chi connectivity index (χ0v) is 12.3. The van der Waals surface area contributed by atoms with Gasteiger partial charge in [-0.2, -0.15) is 0 Å². The monoisotopic (exact) mass is 297 g/mol. The summed E-state index contributed by atoms with van der Waals surface area (Å²) in [5.41, 5.74) is 0.952. The van der Waals surface area contributed by atoms with Gasteiger partial charge in [0.25, 0.3) is 0 Å². The summed E-state index contributed by atoms with van der Waals surface area (Å²) >= 11 is 5.62. The van der Waals surface area contributed by atoms with Crippen LogP contribution in [0.3, 0.4) is 0 Å². The summed E-state index contributed by atoms with van der Waals surface area (Å²) in [5, 5.41) is 3.28. The lowest BCUT2D eigenvalue weighted by atomic mass is 10.2. The van der Waals surface area contributed by atoms with Crippen molar-refractivity contribution in [3.8, 4) is 5.75 Å². The van der Waals surface area contributed by atoms with Crippen LogP contribution in [0.5, 0.6) is 5.75 Å². The van der Waals surface area contributed by atoms with Gasteiger partial charge in [0.15, 0.2) is 0 Å². The van der Waals surface area contributed by atoms with Crippen LogP contribution in [0, 0.1) is 12.7 Å². The minimum absolute atomic E-state index is 0.0877. The lowest BCUT2D eigenvalue weighted by molar-refractivity contribution is 0.301. The molecule has 0 radical (unpaired) electrons. The lowest BCUT2D eigenvalue weighted by Crippen LogP contribution is -2.10. The van der Waals surface area contributed by atoms with Gasteiger partial charge in [0, 0.05) is 11.6 Å². The van der Waals surface area contributed by atoms with E-state index in [1.807, 2.05) is 19.9 Å². The van der Waals surface area contributed by atoms with Crippen LogP contribution < -0.4 is 10.1 Å². The molecule has 0 aliphatic rings. The van der Waals surface area contributed by atoms with Crippen LogP contribution in [0.4, 0.5) is 4.39 Å². The van der Waals surface area contributed by atoms with Gasteiger partial charge in [0.1, 0.15) is 29.7 Å². The first kappa shape index (κ1) is 14.9. The van der Waals surface area contributed by atoms with Crippen molar-refractivity contribution in [1.29, 1.82) is 0 Å². The van der Waals surface area contributed by atoms with Crippen molar-refractivity contribution in [2.24, 2.45) is 0 Å². The molecule has 0 bridgehead atoms. The highest BCUT2D eigenvalue weighted by molar-refractivity contribution is 6.30. The van der Waals surface area contributed by atoms with E-state index in [2.05, 4.69) is 5.32 Å². The van der Waals surface area contributed by atoms with Gasteiger partial charge in [0.05, 0.1) is 11.6 Å². The summed E-state index contributed by atoms with van der Waals surface area (Å²) in [6, 6.07) is 6.34. The molecule has 3 nitrogen and oxygen atoms in total. The Morgan fingerprint density at radius 1 is 1.35 bits per heavy atom. The molecule has 0 aliphatic carbocycles. The number of rotatable bonds is 6. The van der Waals surface area contributed by atoms with Crippen LogP contribution >= 0.6 is 11.6 Å². The molecule has 0 amide bonds. The van der Waals surface area contributed by atoms with Crippen LogP contribution in [-0.2, 0) is 13.2 Å². The molecule has 2 aromatic rings. The van der Waals surface area contributed by atoms with Crippen LogP contribution in [0.15, 0.2) is 28.7 Å². The van der Waals surface area contributed by atoms with Gasteiger partial charge < -0.3 is 14.5 Å². The van der Waals surface area contributed by atoms with Crippen molar-refractivity contribution >= 4 is 11.6 Å². The first-order valence-corrected chi connectivity index (χ1v) is 6.84. The third-order valence-electron chi connectivity index (χ3n) is 2.91. The summed E-state index contributed by atoms with van der Waals surface area (Å²) in [4.78, 5) is 0. The number of benzene rings is 1. The van der Waals surface area contributed by atoms with Gasteiger partial charge >= 0.3 is 0 Å². The van der Waals surface area contributed by atoms with E-state index in [1.165, 1.54) is 12.1 Å². The normalized spacial score (nSPS) is 10.8. The van der Waals surface area contributed by atoms with Crippen LogP contribution in [0.25, 0.3) is 0 Å². The Bertz CT molecular complexity index is 583. The maximum absolute atomic E-state index is 13.3. The highest BCUT2D eigenvalue weighted by Gasteiger charge is 2.08. The third kappa shape index (κ3) is 3.74. The van der Waals surface area contributed by atoms with Crippen molar-refractivity contribution in [2.45, 2.75) is 27.0 Å². The molecule has 2 rings (SSSR count). The van der Waals surface area contributed by atoms with Crippen molar-refractivity contribution in [3.05, 3.63) is 52.2 Å². The van der Waals surface area contributed by atoms with E-state index in [1.54, 1.807) is 6.07 Å². The number of ether oxygens (including phenoxy) is 1. The average Bonchev–Trinajstić information content (AvgIpc) is 2.78. The van der Waals surface area contributed by atoms with E-state index in [0.717, 1.165) is 23.6 Å². The van der Waals surface area contributed by atoms with E-state index in [-0.39, 0.29) is 5.02 Å². The predicted octanol–water partition coefficient (Wildman–Crippen LogP) is 4.07. The Hall–Kier alpha value is -1.52. The molecule has 1 heterocycles. The zero-order valence-electron chi connectivity index (χ0n) is 11.5. The standard InChI is InChI=1S/C15H17ClFNO2/c1-3-18-8-13-6-11(10(2)20-13)9-19-12-4-5-14(16)15(17)7-12/h4-7,18H,3,8-9H2,1-2H3. The predicted molar refractivity (Wildman–Crippen MR) is 76.6 cm³/mol. The number of hydrogen-bond donors (Lipinski definition) is 1. The average molecular weight is 298 g/mol. The summed E-state index contributed by atoms with van der Waals surface area (Å²) in [6.45, 7) is 5.83. The first-order valence-electron chi connectivity index (χ1n) is 6.47. The number of nitrogens with one attached hydrogen (secondary N) is 1. The fourth-order valence-corrected chi connectivity index (χ4v) is 1.91. The summed E-state index contributed by atoms with van der Waals surface area (Å²) in [5.74, 6) is 1.64. The number of hydrogen-bond acceptors (Lipinski definition) is 3. The van der Waals surface area contributed by atoms with E-state index in [0.29, 0.717) is 18.9 Å². The highest BCUT2D eigenvalue weighted by Crippen LogP contribution is 2.22. The molecule has 0 saturated carbocycles. The van der Waals surface area contributed by atoms with E-state index >= 15 is 0 Å². The first-order chi connectivity index (χ1) is 9.60. The second-order valence-electron chi connectivity index (χ2n) is 4.44. The van der Waals surface area contributed by atoms with Crippen molar-refractivity contribution in [2.75, 3.05) is 6.54 Å². The largest absolute Gasteiger partial charge is 0.489 e. The van der Waals surface area contributed by atoms with Crippen LogP contribution in [0.2, 0.25) is 5.02 Å². The van der Waals surface area contributed by atoms with Crippen LogP contribution in [0.1, 0.15) is 24.0 Å². The molecule has 0 saturated heterocycles. The second kappa shape index (κ2) is 6.77. The van der Waals surface area contributed by atoms with E-state index in [9.17, 15) is 4.39 Å². The molecular formula is C15H17ClFNO2. The summed E-state index contributed by atoms with van der Waals surface area (Å²) in [7, 11) is 0. The van der Waals surface area contributed by atoms with Gasteiger partial charge in [0.2, 0.25) is 0 Å². The molecule has 1 aromatic heterocycles. The van der Waals surface area contributed by atoms with Crippen molar-refractivity contribution in [3.63, 3.8) is 0 Å². The molecule has 0 aliphatic heterocycles. The molecule has 108 valence electrons. The molecule has 0 fully saturated rings. The topological polar surface area (TPSA) is 34.4 Å². The third-order valence-corrected chi connectivity index (χ3v) is 3.21. The fourth-order valence-electron chi connectivity index (χ4n) is 1.79. The maximum atomic E-state index is 13.3. The molecular weight excluding hydrogens is 281 g/mol. The van der Waals surface area contributed by atoms with Gasteiger partial charge in [-0.05, 0) is 31.7 Å². The lowest BCUT2D eigenvalue weighted by Gasteiger charge is -2.05. The Labute approximate surface area is 122 Å². The minimum Gasteiger partial charge on any atom is -0.489 e. The molecule has 0 spiro atoms. The smallest absolute Gasteiger partial charge is 0.145 e. The number of aryl methyl sites for hydroxylation is 1. The molecule has 1 N–H and O–H groups in total. The van der Waals surface area contributed by atoms with Gasteiger partial charge in [-0.15, -0.1) is 0 Å². The summed E-state index contributed by atoms with van der Waals surface area (Å²) < 4.78 is 24.4. The summed E-state index contributed by atoms with van der Waals surface area (Å²) in [6.07, 6.45) is 0. The van der Waals surface area contributed by atoms with Gasteiger partial charge in [-0.1, -0.05) is 18.5 Å². The Balaban J connectivity index is 1.99. The van der Waals surface area contributed by atoms with Crippen molar-refractivity contribution < 1.29 is 13.5 Å². The molecule has 0 atom stereocenters. The number of furan rings is 1. The highest BCUT2D eigenvalue weighted by atomic mass is 35.5. The minimum atomic E-state index is -0.485. The molecule has 20 heavy (non-hydrogen) atoms. The Morgan fingerprint density at radius 2 is 2.15 bits per heavy atom. The zero-order chi connectivity index (χ0) is 14.5. The fraction of sp³-hybridized carbons (Fsp3) is 0.333. The quantitative estimate of drug-likeness (QED) is 0.873. The van der Waals surface area contributed by atoms with E-state index < -0.39 is 5.82 Å². The molecule has 0 unspecified atom stereocenters. The van der Waals surface area contributed by atoms with Crippen molar-refractivity contribution in [1.82, 2.24) is 5.32 Å². The SMILES string of the molecule is CCNCc1cc(COc2ccc(Cl)c(F)c2)c(C)o1. The van der Waals surface area contributed by atoms with E-state index in [4.69, 9.17) is 20.8 Å². The van der Waals surface area contributed by atoms with Crippen LogP contribution in [-0.4, -0.2) is 6.54 Å². The second-order valence-corrected chi connectivity index (χ2v) is 4.85. The molecule has 5 heteroatoms. The Morgan fingerprint density at radius 3 is 2.85 bits per heavy atom. The Kier molecular flexibility index (Phi) is 5.04. The van der Waals surface area contributed by atoms with Gasteiger partial charge in [-0.25, -0.2) is 4.39 Å².